The van der Waals surface area contributed by atoms with Crippen molar-refractivity contribution in [1.82, 2.24) is 5.16 Å². The van der Waals surface area contributed by atoms with Crippen molar-refractivity contribution in [2.24, 2.45) is 0 Å². The highest BCUT2D eigenvalue weighted by atomic mass is 32.2. The van der Waals surface area contributed by atoms with E-state index in [2.05, 4.69) is 25.1 Å². The number of ether oxygens (including phenoxy) is 1. The molecular formula is C30H33NO4S. The molecule has 3 aromatic carbocycles. The van der Waals surface area contributed by atoms with Gasteiger partial charge >= 0.3 is 5.97 Å². The van der Waals surface area contributed by atoms with Crippen LogP contribution >= 0.6 is 11.8 Å². The zero-order chi connectivity index (χ0) is 25.3. The number of hydrogen-bond acceptors (Lipinski definition) is 5. The second-order valence-electron chi connectivity index (χ2n) is 8.88. The van der Waals surface area contributed by atoms with Crippen LogP contribution in [0.4, 0.5) is 0 Å². The van der Waals surface area contributed by atoms with E-state index in [-0.39, 0.29) is 6.42 Å². The molecule has 0 unspecified atom stereocenters. The summed E-state index contributed by atoms with van der Waals surface area (Å²) in [4.78, 5) is 12.3. The number of fused-ring (bicyclic) bond motifs is 1. The van der Waals surface area contributed by atoms with Crippen LogP contribution < -0.4 is 4.74 Å². The summed E-state index contributed by atoms with van der Waals surface area (Å²) >= 11 is 1.81. The van der Waals surface area contributed by atoms with Gasteiger partial charge in [-0.3, -0.25) is 4.79 Å². The van der Waals surface area contributed by atoms with Gasteiger partial charge in [-0.1, -0.05) is 74.3 Å². The predicted molar refractivity (Wildman–Crippen MR) is 146 cm³/mol. The molecule has 0 aliphatic carbocycles. The quantitative estimate of drug-likeness (QED) is 0.150. The molecule has 0 saturated heterocycles. The summed E-state index contributed by atoms with van der Waals surface area (Å²) in [6.45, 7) is 4.92. The summed E-state index contributed by atoms with van der Waals surface area (Å²) < 4.78 is 12.0. The van der Waals surface area contributed by atoms with E-state index in [1.807, 2.05) is 66.4 Å². The minimum absolute atomic E-state index is 0.0674. The van der Waals surface area contributed by atoms with Crippen LogP contribution in [0.2, 0.25) is 0 Å². The summed E-state index contributed by atoms with van der Waals surface area (Å²) in [6, 6.07) is 20.2. The SMILES string of the molecule is CCCc1cc(CC(=O)O)ccc1SCCCOc1ccc2c(-c3ccccc3)noc2c1CCC. The number of thioether (sulfide) groups is 1. The number of aliphatic carboxylic acids is 1. The molecule has 0 spiro atoms. The molecule has 5 nitrogen and oxygen atoms in total. The Hall–Kier alpha value is -3.25. The van der Waals surface area contributed by atoms with E-state index in [0.717, 1.165) is 77.0 Å². The number of aryl methyl sites for hydroxylation is 2. The van der Waals surface area contributed by atoms with Crippen molar-refractivity contribution in [1.29, 1.82) is 0 Å². The first-order valence-corrected chi connectivity index (χ1v) is 13.6. The average Bonchev–Trinajstić information content (AvgIpc) is 3.31. The Morgan fingerprint density at radius 3 is 2.58 bits per heavy atom. The molecule has 4 rings (SSSR count). The second-order valence-corrected chi connectivity index (χ2v) is 10.0. The molecule has 0 aliphatic rings. The smallest absolute Gasteiger partial charge is 0.307 e. The third kappa shape index (κ3) is 6.30. The molecule has 0 fully saturated rings. The van der Waals surface area contributed by atoms with Crippen LogP contribution in [0, 0.1) is 0 Å². The fourth-order valence-electron chi connectivity index (χ4n) is 4.41. The van der Waals surface area contributed by atoms with E-state index in [1.54, 1.807) is 0 Å². The van der Waals surface area contributed by atoms with Crippen LogP contribution in [-0.2, 0) is 24.1 Å². The molecular weight excluding hydrogens is 470 g/mol. The fraction of sp³-hybridized carbons (Fsp3) is 0.333. The third-order valence-corrected chi connectivity index (χ3v) is 7.25. The van der Waals surface area contributed by atoms with Crippen LogP contribution in [-0.4, -0.2) is 28.6 Å². The lowest BCUT2D eigenvalue weighted by Gasteiger charge is -2.13. The standard InChI is InChI=1S/C30H33NO4S/c1-3-9-23-19-21(20-28(32)33)13-16-27(23)36-18-8-17-34-26-15-14-25-29(22-11-6-5-7-12-22)31-35-30(25)24(26)10-4-2/h5-7,11-16,19H,3-4,8-10,17-18,20H2,1-2H3,(H,32,33). The van der Waals surface area contributed by atoms with Gasteiger partial charge in [0, 0.05) is 21.8 Å². The van der Waals surface area contributed by atoms with E-state index in [0.29, 0.717) is 6.61 Å². The normalized spacial score (nSPS) is 11.2. The first-order chi connectivity index (χ1) is 17.6. The molecule has 0 bridgehead atoms. The van der Waals surface area contributed by atoms with Crippen molar-refractivity contribution >= 4 is 28.7 Å². The number of rotatable bonds is 13. The van der Waals surface area contributed by atoms with Crippen molar-refractivity contribution in [3.05, 3.63) is 77.4 Å². The molecule has 188 valence electrons. The van der Waals surface area contributed by atoms with Gasteiger partial charge in [-0.15, -0.1) is 11.8 Å². The summed E-state index contributed by atoms with van der Waals surface area (Å²) in [6.07, 6.45) is 4.82. The lowest BCUT2D eigenvalue weighted by Crippen LogP contribution is -2.03. The number of hydrogen-bond donors (Lipinski definition) is 1. The van der Waals surface area contributed by atoms with Crippen molar-refractivity contribution in [3.63, 3.8) is 0 Å². The maximum Gasteiger partial charge on any atom is 0.307 e. The molecule has 36 heavy (non-hydrogen) atoms. The van der Waals surface area contributed by atoms with Crippen molar-refractivity contribution in [3.8, 4) is 17.0 Å². The Labute approximate surface area is 216 Å². The summed E-state index contributed by atoms with van der Waals surface area (Å²) in [5.74, 6) is 1.01. The van der Waals surface area contributed by atoms with Crippen molar-refractivity contribution in [2.45, 2.75) is 57.3 Å². The summed E-state index contributed by atoms with van der Waals surface area (Å²) in [7, 11) is 0. The molecule has 0 radical (unpaired) electrons. The molecule has 4 aromatic rings. The van der Waals surface area contributed by atoms with Gasteiger partial charge in [0.25, 0.3) is 0 Å². The number of benzene rings is 3. The van der Waals surface area contributed by atoms with Gasteiger partial charge in [0.15, 0.2) is 5.58 Å². The Bertz CT molecular complexity index is 1300. The van der Waals surface area contributed by atoms with Crippen molar-refractivity contribution in [2.75, 3.05) is 12.4 Å². The second kappa shape index (κ2) is 12.6. The Morgan fingerprint density at radius 1 is 1.03 bits per heavy atom. The van der Waals surface area contributed by atoms with Gasteiger partial charge in [0.2, 0.25) is 0 Å². The molecule has 0 amide bonds. The van der Waals surface area contributed by atoms with Gasteiger partial charge in [-0.25, -0.2) is 0 Å². The highest BCUT2D eigenvalue weighted by molar-refractivity contribution is 7.99. The molecule has 0 atom stereocenters. The van der Waals surface area contributed by atoms with Gasteiger partial charge < -0.3 is 14.4 Å². The topological polar surface area (TPSA) is 72.6 Å². The van der Waals surface area contributed by atoms with E-state index < -0.39 is 5.97 Å². The number of carbonyl (C=O) groups is 1. The Kier molecular flexibility index (Phi) is 9.06. The van der Waals surface area contributed by atoms with E-state index in [1.165, 1.54) is 10.5 Å². The average molecular weight is 504 g/mol. The predicted octanol–water partition coefficient (Wildman–Crippen LogP) is 7.59. The molecule has 1 N–H and O–H groups in total. The van der Waals surface area contributed by atoms with Gasteiger partial charge in [-0.05, 0) is 48.6 Å². The lowest BCUT2D eigenvalue weighted by molar-refractivity contribution is -0.136. The first kappa shape index (κ1) is 25.8. The number of aromatic nitrogens is 1. The Morgan fingerprint density at radius 2 is 1.83 bits per heavy atom. The van der Waals surface area contributed by atoms with E-state index in [4.69, 9.17) is 14.4 Å². The molecule has 0 aliphatic heterocycles. The highest BCUT2D eigenvalue weighted by Crippen LogP contribution is 2.35. The third-order valence-electron chi connectivity index (χ3n) is 6.05. The number of carboxylic acid groups (broad SMARTS) is 1. The maximum absolute atomic E-state index is 11.1. The minimum atomic E-state index is -0.794. The zero-order valence-corrected chi connectivity index (χ0v) is 21.8. The number of carboxylic acids is 1. The largest absolute Gasteiger partial charge is 0.493 e. The van der Waals surface area contributed by atoms with Gasteiger partial charge in [-0.2, -0.15) is 0 Å². The van der Waals surface area contributed by atoms with Crippen LogP contribution in [0.5, 0.6) is 5.75 Å². The fourth-order valence-corrected chi connectivity index (χ4v) is 5.41. The monoisotopic (exact) mass is 503 g/mol. The molecule has 1 aromatic heterocycles. The first-order valence-electron chi connectivity index (χ1n) is 12.7. The maximum atomic E-state index is 11.1. The van der Waals surface area contributed by atoms with Crippen LogP contribution in [0.1, 0.15) is 49.8 Å². The molecule has 0 saturated carbocycles. The molecule has 6 heteroatoms. The summed E-state index contributed by atoms with van der Waals surface area (Å²) in [5, 5.41) is 14.5. The summed E-state index contributed by atoms with van der Waals surface area (Å²) in [5.41, 5.74) is 5.90. The van der Waals surface area contributed by atoms with Crippen LogP contribution in [0.25, 0.3) is 22.2 Å². The van der Waals surface area contributed by atoms with Crippen molar-refractivity contribution < 1.29 is 19.2 Å². The van der Waals surface area contributed by atoms with Gasteiger partial charge in [0.1, 0.15) is 11.4 Å². The van der Waals surface area contributed by atoms with Crippen LogP contribution in [0.3, 0.4) is 0 Å². The van der Waals surface area contributed by atoms with E-state index in [9.17, 15) is 4.79 Å². The zero-order valence-electron chi connectivity index (χ0n) is 21.0. The van der Waals surface area contributed by atoms with E-state index >= 15 is 0 Å². The highest BCUT2D eigenvalue weighted by Gasteiger charge is 2.17. The lowest BCUT2D eigenvalue weighted by atomic mass is 10.0. The van der Waals surface area contributed by atoms with Crippen LogP contribution in [0.15, 0.2) is 70.1 Å². The Balaban J connectivity index is 1.40. The number of nitrogens with zero attached hydrogens (tertiary/aromatic N) is 1. The molecule has 1 heterocycles. The van der Waals surface area contributed by atoms with Gasteiger partial charge in [0.05, 0.1) is 18.4 Å². The minimum Gasteiger partial charge on any atom is -0.493 e.